The SMILES string of the molecule is CC(C)Cc1ncc2c(n1)CN(C(=O)NC(CCO)c1ccc(C(F)(F)F)c(F)c1)CC2. The van der Waals surface area contributed by atoms with E-state index in [1.54, 1.807) is 11.1 Å². The Morgan fingerprint density at radius 2 is 2.06 bits per heavy atom. The van der Waals surface area contributed by atoms with Gasteiger partial charge in [-0.2, -0.15) is 13.2 Å². The fourth-order valence-corrected chi connectivity index (χ4v) is 3.65. The summed E-state index contributed by atoms with van der Waals surface area (Å²) in [5.41, 5.74) is 0.506. The third-order valence-electron chi connectivity index (χ3n) is 5.29. The molecule has 174 valence electrons. The van der Waals surface area contributed by atoms with Crippen molar-refractivity contribution in [3.05, 3.63) is 58.4 Å². The molecule has 0 aliphatic carbocycles. The van der Waals surface area contributed by atoms with E-state index in [1.807, 2.05) is 0 Å². The maximum atomic E-state index is 14.0. The number of halogens is 4. The Kier molecular flexibility index (Phi) is 7.33. The van der Waals surface area contributed by atoms with E-state index in [0.29, 0.717) is 30.8 Å². The van der Waals surface area contributed by atoms with E-state index >= 15 is 0 Å². The van der Waals surface area contributed by atoms with Crippen molar-refractivity contribution in [2.75, 3.05) is 13.2 Å². The van der Waals surface area contributed by atoms with E-state index < -0.39 is 29.6 Å². The van der Waals surface area contributed by atoms with Crippen molar-refractivity contribution in [1.29, 1.82) is 0 Å². The fourth-order valence-electron chi connectivity index (χ4n) is 3.65. The zero-order chi connectivity index (χ0) is 23.5. The van der Waals surface area contributed by atoms with E-state index in [1.165, 1.54) is 0 Å². The molecule has 2 N–H and O–H groups in total. The number of hydrogen-bond acceptors (Lipinski definition) is 4. The minimum atomic E-state index is -4.81. The molecule has 32 heavy (non-hydrogen) atoms. The van der Waals surface area contributed by atoms with Crippen LogP contribution in [0, 0.1) is 11.7 Å². The Morgan fingerprint density at radius 1 is 1.31 bits per heavy atom. The van der Waals surface area contributed by atoms with Crippen LogP contribution in [0.3, 0.4) is 0 Å². The molecule has 1 atom stereocenters. The average molecular weight is 454 g/mol. The van der Waals surface area contributed by atoms with Gasteiger partial charge in [0, 0.05) is 25.8 Å². The van der Waals surface area contributed by atoms with Crippen LogP contribution in [0.5, 0.6) is 0 Å². The molecule has 0 spiro atoms. The molecule has 1 aliphatic rings. The lowest BCUT2D eigenvalue weighted by atomic mass is 10.0. The lowest BCUT2D eigenvalue weighted by Gasteiger charge is -2.30. The zero-order valence-corrected chi connectivity index (χ0v) is 17.9. The van der Waals surface area contributed by atoms with Crippen molar-refractivity contribution in [3.63, 3.8) is 0 Å². The van der Waals surface area contributed by atoms with E-state index in [-0.39, 0.29) is 25.1 Å². The van der Waals surface area contributed by atoms with Crippen LogP contribution >= 0.6 is 0 Å². The first-order chi connectivity index (χ1) is 15.1. The number of nitrogens with one attached hydrogen (secondary N) is 1. The largest absolute Gasteiger partial charge is 0.419 e. The van der Waals surface area contributed by atoms with Crippen LogP contribution < -0.4 is 5.32 Å². The number of aliphatic hydroxyl groups is 1. The van der Waals surface area contributed by atoms with Gasteiger partial charge in [0.1, 0.15) is 11.6 Å². The first-order valence-corrected chi connectivity index (χ1v) is 10.4. The van der Waals surface area contributed by atoms with Gasteiger partial charge in [0.2, 0.25) is 0 Å². The number of nitrogens with zero attached hydrogens (tertiary/aromatic N) is 3. The Bertz CT molecular complexity index is 965. The molecule has 3 rings (SSSR count). The fraction of sp³-hybridized carbons (Fsp3) is 0.500. The quantitative estimate of drug-likeness (QED) is 0.647. The molecule has 0 saturated heterocycles. The standard InChI is InChI=1S/C22H26F4N4O2/c1-13(2)9-20-27-11-15-5-7-30(12-19(15)28-20)21(32)29-18(6-8-31)14-3-4-16(17(23)10-14)22(24,25)26/h3-4,10-11,13,18,31H,5-9,12H2,1-2H3,(H,29,32). The predicted octanol–water partition coefficient (Wildman–Crippen LogP) is 4.02. The van der Waals surface area contributed by atoms with Gasteiger partial charge >= 0.3 is 12.2 Å². The second-order valence-electron chi connectivity index (χ2n) is 8.28. The summed E-state index contributed by atoms with van der Waals surface area (Å²) < 4.78 is 52.5. The Hall–Kier alpha value is -2.75. The molecular weight excluding hydrogens is 428 g/mol. The Balaban J connectivity index is 1.74. The topological polar surface area (TPSA) is 78.4 Å². The molecule has 0 radical (unpaired) electrons. The zero-order valence-electron chi connectivity index (χ0n) is 17.9. The molecule has 2 heterocycles. The number of amides is 2. The van der Waals surface area contributed by atoms with Gasteiger partial charge < -0.3 is 15.3 Å². The molecule has 6 nitrogen and oxygen atoms in total. The predicted molar refractivity (Wildman–Crippen MR) is 109 cm³/mol. The minimum absolute atomic E-state index is 0.0294. The molecule has 2 amide bonds. The molecule has 2 aromatic rings. The van der Waals surface area contributed by atoms with Gasteiger partial charge in [0.25, 0.3) is 0 Å². The molecule has 0 saturated carbocycles. The number of urea groups is 1. The monoisotopic (exact) mass is 454 g/mol. The van der Waals surface area contributed by atoms with Crippen LogP contribution in [0.1, 0.15) is 54.5 Å². The van der Waals surface area contributed by atoms with E-state index in [4.69, 9.17) is 0 Å². The van der Waals surface area contributed by atoms with Gasteiger partial charge in [0.15, 0.2) is 0 Å². The molecule has 1 unspecified atom stereocenters. The van der Waals surface area contributed by atoms with Gasteiger partial charge in [-0.25, -0.2) is 19.2 Å². The van der Waals surface area contributed by atoms with Crippen LogP contribution in [-0.2, 0) is 25.6 Å². The molecule has 0 fully saturated rings. The highest BCUT2D eigenvalue weighted by atomic mass is 19.4. The lowest BCUT2D eigenvalue weighted by molar-refractivity contribution is -0.140. The summed E-state index contributed by atoms with van der Waals surface area (Å²) in [5, 5.41) is 12.1. The Morgan fingerprint density at radius 3 is 2.69 bits per heavy atom. The van der Waals surface area contributed by atoms with Gasteiger partial charge in [-0.3, -0.25) is 0 Å². The first kappa shape index (κ1) is 23.9. The van der Waals surface area contributed by atoms with Crippen molar-refractivity contribution < 1.29 is 27.5 Å². The average Bonchev–Trinajstić information content (AvgIpc) is 2.71. The number of benzene rings is 1. The minimum Gasteiger partial charge on any atom is -0.396 e. The van der Waals surface area contributed by atoms with Crippen LogP contribution in [0.15, 0.2) is 24.4 Å². The third kappa shape index (κ3) is 5.73. The molecular formula is C22H26F4N4O2. The number of aliphatic hydroxyl groups excluding tert-OH is 1. The highest BCUT2D eigenvalue weighted by molar-refractivity contribution is 5.75. The smallest absolute Gasteiger partial charge is 0.396 e. The van der Waals surface area contributed by atoms with Crippen molar-refractivity contribution in [3.8, 4) is 0 Å². The summed E-state index contributed by atoms with van der Waals surface area (Å²) >= 11 is 0. The van der Waals surface area contributed by atoms with Gasteiger partial charge in [-0.1, -0.05) is 19.9 Å². The van der Waals surface area contributed by atoms with Crippen molar-refractivity contribution in [2.45, 2.75) is 51.9 Å². The normalized spacial score (nSPS) is 14.9. The summed E-state index contributed by atoms with van der Waals surface area (Å²) in [5.74, 6) is -0.327. The molecule has 1 aromatic heterocycles. The van der Waals surface area contributed by atoms with Crippen LogP contribution in [0.25, 0.3) is 0 Å². The number of carbonyl (C=O) groups is 1. The highest BCUT2D eigenvalue weighted by Crippen LogP contribution is 2.33. The van der Waals surface area contributed by atoms with Gasteiger partial charge in [-0.05, 0) is 42.0 Å². The second-order valence-corrected chi connectivity index (χ2v) is 8.28. The maximum absolute atomic E-state index is 14.0. The maximum Gasteiger partial charge on any atom is 0.419 e. The number of fused-ring (bicyclic) bond motifs is 1. The number of aromatic nitrogens is 2. The molecule has 0 bridgehead atoms. The summed E-state index contributed by atoms with van der Waals surface area (Å²) in [6.07, 6.45) is -1.70. The highest BCUT2D eigenvalue weighted by Gasteiger charge is 2.34. The number of hydrogen-bond donors (Lipinski definition) is 2. The number of rotatable bonds is 6. The van der Waals surface area contributed by atoms with Crippen LogP contribution in [0.2, 0.25) is 0 Å². The summed E-state index contributed by atoms with van der Waals surface area (Å²) in [6.45, 7) is 4.48. The summed E-state index contributed by atoms with van der Waals surface area (Å²) in [4.78, 5) is 23.3. The lowest BCUT2D eigenvalue weighted by Crippen LogP contribution is -2.44. The number of alkyl halides is 3. The summed E-state index contributed by atoms with van der Waals surface area (Å²) in [7, 11) is 0. The van der Waals surface area contributed by atoms with Gasteiger partial charge in [-0.15, -0.1) is 0 Å². The molecule has 1 aliphatic heterocycles. The Labute approximate surface area is 183 Å². The van der Waals surface area contributed by atoms with E-state index in [2.05, 4.69) is 29.1 Å². The third-order valence-corrected chi connectivity index (χ3v) is 5.29. The van der Waals surface area contributed by atoms with Crippen LogP contribution in [0.4, 0.5) is 22.4 Å². The van der Waals surface area contributed by atoms with E-state index in [0.717, 1.165) is 29.8 Å². The van der Waals surface area contributed by atoms with E-state index in [9.17, 15) is 27.5 Å². The van der Waals surface area contributed by atoms with Gasteiger partial charge in [0.05, 0.1) is 23.8 Å². The van der Waals surface area contributed by atoms with Crippen molar-refractivity contribution in [2.24, 2.45) is 5.92 Å². The molecule has 10 heteroatoms. The number of carbonyl (C=O) groups excluding carboxylic acids is 1. The molecule has 1 aromatic carbocycles. The second kappa shape index (κ2) is 9.81. The van der Waals surface area contributed by atoms with Crippen molar-refractivity contribution in [1.82, 2.24) is 20.2 Å². The summed E-state index contributed by atoms with van der Waals surface area (Å²) in [6, 6.07) is 1.21. The first-order valence-electron chi connectivity index (χ1n) is 10.4. The van der Waals surface area contributed by atoms with Crippen molar-refractivity contribution >= 4 is 6.03 Å². The van der Waals surface area contributed by atoms with Crippen LogP contribution in [-0.4, -0.2) is 39.2 Å².